The molecule has 1 saturated heterocycles. The average molecular weight is 230 g/mol. The zero-order chi connectivity index (χ0) is 12.1. The molecule has 1 aromatic heterocycles. The highest BCUT2D eigenvalue weighted by Crippen LogP contribution is 2.23. The van der Waals surface area contributed by atoms with Gasteiger partial charge in [0.25, 0.3) is 0 Å². The Morgan fingerprint density at radius 2 is 2.18 bits per heavy atom. The third-order valence-electron chi connectivity index (χ3n) is 3.39. The van der Waals surface area contributed by atoms with Gasteiger partial charge in [0.05, 0.1) is 5.56 Å². The van der Waals surface area contributed by atoms with Crippen LogP contribution < -0.4 is 10.6 Å². The molecular weight excluding hydrogens is 212 g/mol. The predicted octanol–water partition coefficient (Wildman–Crippen LogP) is 1.52. The number of nitriles is 1. The lowest BCUT2D eigenvalue weighted by molar-refractivity contribution is 0.385. The summed E-state index contributed by atoms with van der Waals surface area (Å²) in [5.74, 6) is 1.75. The van der Waals surface area contributed by atoms with Crippen LogP contribution >= 0.6 is 0 Å². The second-order valence-electron chi connectivity index (χ2n) is 4.52. The van der Waals surface area contributed by atoms with Crippen molar-refractivity contribution in [3.8, 4) is 6.07 Å². The summed E-state index contributed by atoms with van der Waals surface area (Å²) in [4.78, 5) is 6.61. The van der Waals surface area contributed by atoms with Crippen LogP contribution in [0.2, 0.25) is 0 Å². The second-order valence-corrected chi connectivity index (χ2v) is 4.52. The average Bonchev–Trinajstić information content (AvgIpc) is 2.40. The van der Waals surface area contributed by atoms with E-state index in [0.29, 0.717) is 5.56 Å². The first-order valence-electron chi connectivity index (χ1n) is 6.14. The van der Waals surface area contributed by atoms with Crippen molar-refractivity contribution in [3.05, 3.63) is 23.9 Å². The Hall–Kier alpha value is -1.60. The van der Waals surface area contributed by atoms with Gasteiger partial charge in [-0.3, -0.25) is 0 Å². The molecule has 0 atom stereocenters. The van der Waals surface area contributed by atoms with E-state index in [9.17, 15) is 0 Å². The van der Waals surface area contributed by atoms with Gasteiger partial charge in [0.2, 0.25) is 0 Å². The van der Waals surface area contributed by atoms with Crippen molar-refractivity contribution in [2.24, 2.45) is 11.7 Å². The fourth-order valence-electron chi connectivity index (χ4n) is 2.33. The number of piperidine rings is 1. The van der Waals surface area contributed by atoms with Crippen LogP contribution in [-0.4, -0.2) is 24.6 Å². The van der Waals surface area contributed by atoms with Crippen molar-refractivity contribution < 1.29 is 0 Å². The molecule has 2 N–H and O–H groups in total. The number of rotatable bonds is 3. The van der Waals surface area contributed by atoms with Gasteiger partial charge in [-0.15, -0.1) is 0 Å². The van der Waals surface area contributed by atoms with Crippen LogP contribution in [0.25, 0.3) is 0 Å². The van der Waals surface area contributed by atoms with Crippen LogP contribution in [0.1, 0.15) is 24.8 Å². The van der Waals surface area contributed by atoms with E-state index in [-0.39, 0.29) is 0 Å². The smallest absolute Gasteiger partial charge is 0.128 e. The van der Waals surface area contributed by atoms with E-state index in [1.165, 1.54) is 12.8 Å². The fraction of sp³-hybridized carbons (Fsp3) is 0.538. The molecule has 0 radical (unpaired) electrons. The lowest BCUT2D eigenvalue weighted by atomic mass is 9.94. The molecule has 17 heavy (non-hydrogen) atoms. The van der Waals surface area contributed by atoms with Crippen LogP contribution in [0.5, 0.6) is 0 Å². The zero-order valence-electron chi connectivity index (χ0n) is 9.97. The summed E-state index contributed by atoms with van der Waals surface area (Å²) < 4.78 is 0. The number of nitrogens with zero attached hydrogens (tertiary/aromatic N) is 3. The van der Waals surface area contributed by atoms with E-state index in [1.807, 2.05) is 12.1 Å². The topological polar surface area (TPSA) is 65.9 Å². The molecule has 1 aliphatic heterocycles. The van der Waals surface area contributed by atoms with E-state index in [1.54, 1.807) is 6.20 Å². The summed E-state index contributed by atoms with van der Waals surface area (Å²) in [6.45, 7) is 2.88. The van der Waals surface area contributed by atoms with Gasteiger partial charge in [-0.2, -0.15) is 5.26 Å². The quantitative estimate of drug-likeness (QED) is 0.855. The molecule has 0 bridgehead atoms. The maximum atomic E-state index is 8.72. The van der Waals surface area contributed by atoms with Gasteiger partial charge in [0.15, 0.2) is 0 Å². The van der Waals surface area contributed by atoms with Crippen molar-refractivity contribution >= 4 is 5.82 Å². The van der Waals surface area contributed by atoms with Gasteiger partial charge >= 0.3 is 0 Å². The normalized spacial score (nSPS) is 16.8. The SMILES string of the molecule is N#Cc1ccc(N2CCC(CCN)CC2)nc1. The number of hydrogen-bond donors (Lipinski definition) is 1. The Bertz CT molecular complexity index is 385. The minimum absolute atomic E-state index is 0.617. The van der Waals surface area contributed by atoms with Crippen LogP contribution in [-0.2, 0) is 0 Å². The van der Waals surface area contributed by atoms with Gasteiger partial charge in [-0.05, 0) is 43.9 Å². The molecule has 90 valence electrons. The summed E-state index contributed by atoms with van der Waals surface area (Å²) in [7, 11) is 0. The summed E-state index contributed by atoms with van der Waals surface area (Å²) in [5.41, 5.74) is 6.20. The Morgan fingerprint density at radius 1 is 1.41 bits per heavy atom. The highest BCUT2D eigenvalue weighted by molar-refractivity contribution is 5.42. The molecule has 4 heteroatoms. The van der Waals surface area contributed by atoms with Gasteiger partial charge in [-0.25, -0.2) is 4.98 Å². The number of aromatic nitrogens is 1. The van der Waals surface area contributed by atoms with Crippen LogP contribution in [0.3, 0.4) is 0 Å². The Balaban J connectivity index is 1.94. The van der Waals surface area contributed by atoms with E-state index in [2.05, 4.69) is 16.0 Å². The van der Waals surface area contributed by atoms with Gasteiger partial charge < -0.3 is 10.6 Å². The third-order valence-corrected chi connectivity index (χ3v) is 3.39. The lowest BCUT2D eigenvalue weighted by Crippen LogP contribution is -2.34. The fourth-order valence-corrected chi connectivity index (χ4v) is 2.33. The number of hydrogen-bond acceptors (Lipinski definition) is 4. The summed E-state index contributed by atoms with van der Waals surface area (Å²) in [5, 5.41) is 8.72. The zero-order valence-corrected chi connectivity index (χ0v) is 9.97. The lowest BCUT2D eigenvalue weighted by Gasteiger charge is -2.32. The van der Waals surface area contributed by atoms with E-state index >= 15 is 0 Å². The van der Waals surface area contributed by atoms with Gasteiger partial charge in [0.1, 0.15) is 11.9 Å². The summed E-state index contributed by atoms with van der Waals surface area (Å²) in [6.07, 6.45) is 5.16. The number of pyridine rings is 1. The number of nitrogens with two attached hydrogens (primary N) is 1. The van der Waals surface area contributed by atoms with Crippen molar-refractivity contribution in [1.82, 2.24) is 4.98 Å². The first kappa shape index (κ1) is 11.9. The van der Waals surface area contributed by atoms with Crippen molar-refractivity contribution in [1.29, 1.82) is 5.26 Å². The molecule has 0 saturated carbocycles. The minimum atomic E-state index is 0.617. The Labute approximate surface area is 102 Å². The molecule has 1 aliphatic rings. The van der Waals surface area contributed by atoms with E-state index in [0.717, 1.165) is 37.8 Å². The van der Waals surface area contributed by atoms with Gasteiger partial charge in [-0.1, -0.05) is 0 Å². The predicted molar refractivity (Wildman–Crippen MR) is 67.6 cm³/mol. The molecule has 0 spiro atoms. The van der Waals surface area contributed by atoms with E-state index < -0.39 is 0 Å². The van der Waals surface area contributed by atoms with Crippen molar-refractivity contribution in [2.75, 3.05) is 24.5 Å². The summed E-state index contributed by atoms with van der Waals surface area (Å²) in [6, 6.07) is 5.85. The van der Waals surface area contributed by atoms with Crippen molar-refractivity contribution in [2.45, 2.75) is 19.3 Å². The van der Waals surface area contributed by atoms with Crippen molar-refractivity contribution in [3.63, 3.8) is 0 Å². The molecule has 2 rings (SSSR count). The standard InChI is InChI=1S/C13H18N4/c14-6-3-11-4-7-17(8-5-11)13-2-1-12(9-15)10-16-13/h1-2,10-11H,3-8,14H2. The Morgan fingerprint density at radius 3 is 2.71 bits per heavy atom. The van der Waals surface area contributed by atoms with Crippen LogP contribution in [0.4, 0.5) is 5.82 Å². The molecule has 0 amide bonds. The third kappa shape index (κ3) is 2.95. The molecule has 1 fully saturated rings. The summed E-state index contributed by atoms with van der Waals surface area (Å²) >= 11 is 0. The molecule has 2 heterocycles. The molecule has 4 nitrogen and oxygen atoms in total. The monoisotopic (exact) mass is 230 g/mol. The first-order valence-corrected chi connectivity index (χ1v) is 6.14. The minimum Gasteiger partial charge on any atom is -0.357 e. The van der Waals surface area contributed by atoms with Crippen LogP contribution in [0, 0.1) is 17.2 Å². The maximum absolute atomic E-state index is 8.72. The molecule has 0 unspecified atom stereocenters. The molecular formula is C13H18N4. The first-order chi connectivity index (χ1) is 8.33. The highest BCUT2D eigenvalue weighted by Gasteiger charge is 2.19. The highest BCUT2D eigenvalue weighted by atomic mass is 15.2. The van der Waals surface area contributed by atoms with Gasteiger partial charge in [0, 0.05) is 19.3 Å². The molecule has 0 aliphatic carbocycles. The van der Waals surface area contributed by atoms with E-state index in [4.69, 9.17) is 11.0 Å². The molecule has 0 aromatic carbocycles. The van der Waals surface area contributed by atoms with Crippen LogP contribution in [0.15, 0.2) is 18.3 Å². The molecule has 1 aromatic rings. The second kappa shape index (κ2) is 5.65. The maximum Gasteiger partial charge on any atom is 0.128 e. The Kier molecular flexibility index (Phi) is 3.94. The largest absolute Gasteiger partial charge is 0.357 e. The number of anilines is 1.